The summed E-state index contributed by atoms with van der Waals surface area (Å²) < 4.78 is 1.31. The van der Waals surface area contributed by atoms with Gasteiger partial charge < -0.3 is 5.11 Å². The van der Waals surface area contributed by atoms with Crippen molar-refractivity contribution >= 4 is 22.6 Å². The number of hydrogen-bond donors (Lipinski definition) is 1. The van der Waals surface area contributed by atoms with E-state index in [4.69, 9.17) is 0 Å². The van der Waals surface area contributed by atoms with Gasteiger partial charge in [0.25, 0.3) is 0 Å². The predicted molar refractivity (Wildman–Crippen MR) is 132 cm³/mol. The van der Waals surface area contributed by atoms with Gasteiger partial charge in [-0.25, -0.2) is 0 Å². The van der Waals surface area contributed by atoms with Crippen LogP contribution >= 0.6 is 22.6 Å². The van der Waals surface area contributed by atoms with Gasteiger partial charge in [-0.1, -0.05) is 74.8 Å². The van der Waals surface area contributed by atoms with Gasteiger partial charge in [-0.3, -0.25) is 0 Å². The average molecular weight is 513 g/mol. The molecule has 0 spiro atoms. The smallest absolute Gasteiger partial charge is 0.0577 e. The number of halogens is 1. The van der Waals surface area contributed by atoms with Crippen molar-refractivity contribution in [2.75, 3.05) is 4.43 Å². The van der Waals surface area contributed by atoms with Crippen molar-refractivity contribution in [1.29, 1.82) is 0 Å². The summed E-state index contributed by atoms with van der Waals surface area (Å²) in [4.78, 5) is 0. The Bertz CT molecular complexity index is 614. The lowest BCUT2D eigenvalue weighted by atomic mass is 9.47. The van der Waals surface area contributed by atoms with Crippen molar-refractivity contribution in [3.63, 3.8) is 0 Å². The predicted octanol–water partition coefficient (Wildman–Crippen LogP) is 7.80. The van der Waals surface area contributed by atoms with Crippen LogP contribution in [0.3, 0.4) is 0 Å². The highest BCUT2D eigenvalue weighted by Gasteiger charge is 2.59. The van der Waals surface area contributed by atoms with Gasteiger partial charge in [0, 0.05) is 4.43 Å². The summed E-state index contributed by atoms with van der Waals surface area (Å²) in [6.45, 7) is 10.3. The number of aliphatic hydroxyl groups is 1. The Morgan fingerprint density at radius 2 is 1.86 bits per heavy atom. The van der Waals surface area contributed by atoms with E-state index in [1.165, 1.54) is 62.2 Å². The minimum absolute atomic E-state index is 0.0774. The van der Waals surface area contributed by atoms with E-state index in [-0.39, 0.29) is 6.10 Å². The molecule has 3 saturated carbocycles. The van der Waals surface area contributed by atoms with Crippen molar-refractivity contribution in [1.82, 2.24) is 0 Å². The third kappa shape index (κ3) is 4.00. The van der Waals surface area contributed by atoms with Crippen LogP contribution in [-0.4, -0.2) is 15.6 Å². The molecule has 2 heteroatoms. The fraction of sp³-hybridized carbons (Fsp3) is 0.926. The van der Waals surface area contributed by atoms with Gasteiger partial charge in [0.05, 0.1) is 6.10 Å². The second-order valence-electron chi connectivity index (χ2n) is 12.1. The first-order valence-electron chi connectivity index (χ1n) is 12.7. The first-order chi connectivity index (χ1) is 13.8. The first kappa shape index (κ1) is 22.6. The molecule has 0 radical (unpaired) electrons. The Balaban J connectivity index is 1.46. The maximum atomic E-state index is 10.2. The second kappa shape index (κ2) is 8.75. The van der Waals surface area contributed by atoms with Gasteiger partial charge in [-0.2, -0.15) is 0 Å². The van der Waals surface area contributed by atoms with Crippen molar-refractivity contribution in [3.8, 4) is 0 Å². The van der Waals surface area contributed by atoms with Gasteiger partial charge >= 0.3 is 0 Å². The second-order valence-corrected chi connectivity index (χ2v) is 12.9. The first-order valence-corrected chi connectivity index (χ1v) is 14.3. The summed E-state index contributed by atoms with van der Waals surface area (Å²) in [7, 11) is 0. The van der Waals surface area contributed by atoms with Crippen molar-refractivity contribution in [3.05, 3.63) is 11.6 Å². The van der Waals surface area contributed by atoms with Crippen LogP contribution in [0.4, 0.5) is 0 Å². The molecule has 0 bridgehead atoms. The summed E-state index contributed by atoms with van der Waals surface area (Å²) in [6, 6.07) is 0. The Morgan fingerprint density at radius 1 is 1.07 bits per heavy atom. The molecular formula is C27H45IO. The molecule has 0 saturated heterocycles. The van der Waals surface area contributed by atoms with E-state index in [1.54, 1.807) is 5.57 Å². The molecule has 29 heavy (non-hydrogen) atoms. The molecular weight excluding hydrogens is 467 g/mol. The molecule has 1 nitrogen and oxygen atoms in total. The highest BCUT2D eigenvalue weighted by atomic mass is 127. The lowest BCUT2D eigenvalue weighted by molar-refractivity contribution is -0.0573. The Morgan fingerprint density at radius 3 is 2.62 bits per heavy atom. The molecule has 1 N–H and O–H groups in total. The molecule has 0 aromatic carbocycles. The summed E-state index contributed by atoms with van der Waals surface area (Å²) in [6.07, 6.45) is 17.2. The minimum Gasteiger partial charge on any atom is -0.393 e. The van der Waals surface area contributed by atoms with Crippen LogP contribution in [0, 0.1) is 46.3 Å². The molecule has 4 rings (SSSR count). The Kier molecular flexibility index (Phi) is 6.83. The largest absolute Gasteiger partial charge is 0.393 e. The number of rotatable bonds is 6. The van der Waals surface area contributed by atoms with Crippen LogP contribution in [-0.2, 0) is 0 Å². The molecule has 3 fully saturated rings. The normalized spacial score (nSPS) is 46.3. The summed E-state index contributed by atoms with van der Waals surface area (Å²) >= 11 is 2.55. The molecule has 4 aliphatic rings. The third-order valence-electron chi connectivity index (χ3n) is 10.5. The molecule has 9 atom stereocenters. The zero-order valence-corrected chi connectivity index (χ0v) is 21.6. The van der Waals surface area contributed by atoms with Crippen LogP contribution < -0.4 is 0 Å². The van der Waals surface area contributed by atoms with Crippen LogP contribution in [0.15, 0.2) is 11.6 Å². The van der Waals surface area contributed by atoms with E-state index in [9.17, 15) is 5.11 Å². The van der Waals surface area contributed by atoms with Crippen molar-refractivity contribution < 1.29 is 5.11 Å². The van der Waals surface area contributed by atoms with Gasteiger partial charge in [0.2, 0.25) is 0 Å². The third-order valence-corrected chi connectivity index (χ3v) is 12.0. The molecule has 0 aromatic rings. The lowest BCUT2D eigenvalue weighted by Gasteiger charge is -2.58. The highest BCUT2D eigenvalue weighted by Crippen LogP contribution is 2.67. The number of hydrogen-bond acceptors (Lipinski definition) is 1. The molecule has 0 aliphatic heterocycles. The topological polar surface area (TPSA) is 20.2 Å². The maximum absolute atomic E-state index is 10.2. The SMILES string of the molecule is CC(CI)CCC[C@@H](C)[C@H]1CC[C@H]2[C@@H]3CC=C4C[C@@H](O)CC[C@]4(C)[C@H]3CC[C@]12C. The quantitative estimate of drug-likeness (QED) is 0.219. The summed E-state index contributed by atoms with van der Waals surface area (Å²) in [5.74, 6) is 5.49. The molecule has 166 valence electrons. The van der Waals surface area contributed by atoms with Gasteiger partial charge in [-0.05, 0) is 104 Å². The van der Waals surface area contributed by atoms with Gasteiger partial charge in [-0.15, -0.1) is 0 Å². The zero-order valence-electron chi connectivity index (χ0n) is 19.4. The standard InChI is InChI=1S/C27H45IO/c1-18(17-28)6-5-7-19(2)23-10-11-24-22-9-8-20-16-21(29)12-14-26(20,3)25(22)13-15-27(23,24)4/h8,18-19,21-25,29H,5-7,9-17H2,1-4H3/t18?,19-,21+,22+,23-,24+,25+,26+,27-/m1/s1. The number of fused-ring (bicyclic) bond motifs is 5. The molecule has 4 aliphatic carbocycles. The fourth-order valence-corrected chi connectivity index (χ4v) is 9.12. The zero-order chi connectivity index (χ0) is 20.8. The van der Waals surface area contributed by atoms with E-state index in [0.29, 0.717) is 10.8 Å². The van der Waals surface area contributed by atoms with Crippen LogP contribution in [0.1, 0.15) is 98.3 Å². The van der Waals surface area contributed by atoms with Crippen molar-refractivity contribution in [2.45, 2.75) is 104 Å². The lowest BCUT2D eigenvalue weighted by Crippen LogP contribution is -2.50. The van der Waals surface area contributed by atoms with E-state index >= 15 is 0 Å². The molecule has 1 unspecified atom stereocenters. The van der Waals surface area contributed by atoms with E-state index in [1.807, 2.05) is 0 Å². The summed E-state index contributed by atoms with van der Waals surface area (Å²) in [5, 5.41) is 10.2. The molecule has 0 aromatic heterocycles. The maximum Gasteiger partial charge on any atom is 0.0577 e. The van der Waals surface area contributed by atoms with E-state index in [0.717, 1.165) is 48.3 Å². The number of allylic oxidation sites excluding steroid dienone is 1. The molecule has 0 heterocycles. The number of alkyl halides is 1. The van der Waals surface area contributed by atoms with E-state index < -0.39 is 0 Å². The Hall–Kier alpha value is 0.430. The van der Waals surface area contributed by atoms with Crippen LogP contribution in [0.5, 0.6) is 0 Å². The monoisotopic (exact) mass is 512 g/mol. The molecule has 0 amide bonds. The van der Waals surface area contributed by atoms with Crippen molar-refractivity contribution in [2.24, 2.45) is 46.3 Å². The Labute approximate surface area is 194 Å². The minimum atomic E-state index is -0.0774. The average Bonchev–Trinajstić information content (AvgIpc) is 3.05. The summed E-state index contributed by atoms with van der Waals surface area (Å²) in [5.41, 5.74) is 2.60. The van der Waals surface area contributed by atoms with Crippen LogP contribution in [0.25, 0.3) is 0 Å². The van der Waals surface area contributed by atoms with Gasteiger partial charge in [0.15, 0.2) is 0 Å². The van der Waals surface area contributed by atoms with E-state index in [2.05, 4.69) is 56.4 Å². The number of aliphatic hydroxyl groups excluding tert-OH is 1. The fourth-order valence-electron chi connectivity index (χ4n) is 8.68. The van der Waals surface area contributed by atoms with Gasteiger partial charge in [0.1, 0.15) is 0 Å². The van der Waals surface area contributed by atoms with Crippen LogP contribution in [0.2, 0.25) is 0 Å². The highest BCUT2D eigenvalue weighted by molar-refractivity contribution is 14.1.